The van der Waals surface area contributed by atoms with E-state index >= 15 is 0 Å². The van der Waals surface area contributed by atoms with Gasteiger partial charge in [-0.2, -0.15) is 0 Å². The van der Waals surface area contributed by atoms with Crippen LogP contribution >= 0.6 is 11.8 Å². The average Bonchev–Trinajstić information content (AvgIpc) is 2.95. The van der Waals surface area contributed by atoms with Gasteiger partial charge in [-0.25, -0.2) is 17.2 Å². The van der Waals surface area contributed by atoms with Gasteiger partial charge in [-0.3, -0.25) is 0 Å². The first-order valence-electron chi connectivity index (χ1n) is 6.71. The molecule has 0 atom stereocenters. The first kappa shape index (κ1) is 16.0. The van der Waals surface area contributed by atoms with Crippen molar-refractivity contribution in [1.29, 1.82) is 0 Å². The number of rotatable bonds is 3. The Labute approximate surface area is 137 Å². The summed E-state index contributed by atoms with van der Waals surface area (Å²) in [6, 6.07) is 10.2. The summed E-state index contributed by atoms with van der Waals surface area (Å²) in [6.07, 6.45) is 0.967. The van der Waals surface area contributed by atoms with Crippen LogP contribution in [0.25, 0.3) is 5.70 Å². The van der Waals surface area contributed by atoms with Gasteiger partial charge in [0.1, 0.15) is 16.5 Å². The van der Waals surface area contributed by atoms with Crippen molar-refractivity contribution in [2.24, 2.45) is 0 Å². The van der Waals surface area contributed by atoms with E-state index in [-0.39, 0.29) is 10.7 Å². The molecule has 0 bridgehead atoms. The highest BCUT2D eigenvalue weighted by Gasteiger charge is 2.22. The van der Waals surface area contributed by atoms with Gasteiger partial charge in [0.2, 0.25) is 0 Å². The quantitative estimate of drug-likeness (QED) is 0.839. The predicted octanol–water partition coefficient (Wildman–Crippen LogP) is 3.88. The second-order valence-corrected chi connectivity index (χ2v) is 7.94. The van der Waals surface area contributed by atoms with Crippen molar-refractivity contribution in [3.8, 4) is 0 Å². The highest BCUT2D eigenvalue weighted by Crippen LogP contribution is 2.36. The molecule has 0 N–H and O–H groups in total. The standard InChI is InChI=1S/C16H13F2NO2S2/c1-23(20,21)16-6-5-11(7-14(16)18)15-9-22-10-19(15)13-4-2-3-12(17)8-13/h2-9H,10H2,1H3. The number of nitrogens with zero attached hydrogens (tertiary/aromatic N) is 1. The summed E-state index contributed by atoms with van der Waals surface area (Å²) in [6.45, 7) is 0. The molecule has 1 aliphatic rings. The Morgan fingerprint density at radius 2 is 1.91 bits per heavy atom. The number of hydrogen-bond donors (Lipinski definition) is 0. The fraction of sp³-hybridized carbons (Fsp3) is 0.125. The highest BCUT2D eigenvalue weighted by molar-refractivity contribution is 8.02. The van der Waals surface area contributed by atoms with E-state index in [2.05, 4.69) is 0 Å². The van der Waals surface area contributed by atoms with Gasteiger partial charge in [-0.1, -0.05) is 12.1 Å². The topological polar surface area (TPSA) is 37.4 Å². The summed E-state index contributed by atoms with van der Waals surface area (Å²) in [7, 11) is -3.61. The molecule has 0 aromatic heterocycles. The van der Waals surface area contributed by atoms with Crippen LogP contribution in [0.15, 0.2) is 52.8 Å². The third-order valence-corrected chi connectivity index (χ3v) is 5.36. The molecule has 1 aliphatic heterocycles. The summed E-state index contributed by atoms with van der Waals surface area (Å²) in [5.41, 5.74) is 1.91. The summed E-state index contributed by atoms with van der Waals surface area (Å²) in [5.74, 6) is -0.562. The van der Waals surface area contributed by atoms with Crippen molar-refractivity contribution < 1.29 is 17.2 Å². The maximum absolute atomic E-state index is 14.1. The van der Waals surface area contributed by atoms with Crippen molar-refractivity contribution in [1.82, 2.24) is 0 Å². The Morgan fingerprint density at radius 1 is 1.13 bits per heavy atom. The molecule has 23 heavy (non-hydrogen) atoms. The lowest BCUT2D eigenvalue weighted by atomic mass is 10.1. The highest BCUT2D eigenvalue weighted by atomic mass is 32.2. The van der Waals surface area contributed by atoms with Crippen LogP contribution in [0.4, 0.5) is 14.5 Å². The third-order valence-electron chi connectivity index (χ3n) is 3.44. The number of benzene rings is 2. The van der Waals surface area contributed by atoms with Gasteiger partial charge in [0.15, 0.2) is 9.84 Å². The number of halogens is 2. The fourth-order valence-electron chi connectivity index (χ4n) is 2.37. The van der Waals surface area contributed by atoms with Gasteiger partial charge in [0.25, 0.3) is 0 Å². The molecule has 0 saturated carbocycles. The monoisotopic (exact) mass is 353 g/mol. The summed E-state index contributed by atoms with van der Waals surface area (Å²) in [5, 5.41) is 1.85. The Morgan fingerprint density at radius 3 is 2.57 bits per heavy atom. The van der Waals surface area contributed by atoms with Crippen LogP contribution in [0.1, 0.15) is 5.56 Å². The predicted molar refractivity (Wildman–Crippen MR) is 88.8 cm³/mol. The summed E-state index contributed by atoms with van der Waals surface area (Å²) >= 11 is 1.50. The number of sulfone groups is 1. The van der Waals surface area contributed by atoms with Crippen LogP contribution in [0.5, 0.6) is 0 Å². The van der Waals surface area contributed by atoms with E-state index in [1.165, 1.54) is 36.0 Å². The lowest BCUT2D eigenvalue weighted by Gasteiger charge is -2.22. The van der Waals surface area contributed by atoms with Crippen molar-refractivity contribution >= 4 is 33.0 Å². The Balaban J connectivity index is 1.99. The normalized spacial score (nSPS) is 14.9. The summed E-state index contributed by atoms with van der Waals surface area (Å²) < 4.78 is 50.5. The third kappa shape index (κ3) is 3.25. The van der Waals surface area contributed by atoms with E-state index in [4.69, 9.17) is 0 Å². The molecule has 3 nitrogen and oxygen atoms in total. The second kappa shape index (κ2) is 5.98. The molecule has 0 unspecified atom stereocenters. The fourth-order valence-corrected chi connectivity index (χ4v) is 4.03. The lowest BCUT2D eigenvalue weighted by molar-refractivity contribution is 0.570. The molecule has 0 spiro atoms. The molecule has 1 heterocycles. The van der Waals surface area contributed by atoms with Gasteiger partial charge < -0.3 is 4.90 Å². The first-order valence-corrected chi connectivity index (χ1v) is 9.65. The molecule has 0 fully saturated rings. The van der Waals surface area contributed by atoms with Gasteiger partial charge in [-0.05, 0) is 35.7 Å². The smallest absolute Gasteiger partial charge is 0.178 e. The van der Waals surface area contributed by atoms with E-state index in [1.54, 1.807) is 18.2 Å². The SMILES string of the molecule is CS(=O)(=O)c1ccc(C2=CSCN2c2cccc(F)c2)cc1F. The van der Waals surface area contributed by atoms with E-state index in [1.807, 2.05) is 10.3 Å². The van der Waals surface area contributed by atoms with Gasteiger partial charge >= 0.3 is 0 Å². The van der Waals surface area contributed by atoms with Gasteiger partial charge in [0, 0.05) is 17.5 Å². The Hall–Kier alpha value is -1.86. The molecule has 3 rings (SSSR count). The molecular weight excluding hydrogens is 340 g/mol. The van der Waals surface area contributed by atoms with E-state index in [0.717, 1.165) is 6.26 Å². The van der Waals surface area contributed by atoms with Crippen molar-refractivity contribution in [2.75, 3.05) is 17.0 Å². The van der Waals surface area contributed by atoms with Crippen LogP contribution < -0.4 is 4.90 Å². The average molecular weight is 353 g/mol. The van der Waals surface area contributed by atoms with Gasteiger partial charge in [0.05, 0.1) is 11.6 Å². The molecule has 0 aliphatic carbocycles. The zero-order valence-corrected chi connectivity index (χ0v) is 13.8. The van der Waals surface area contributed by atoms with Crippen LogP contribution in [0.3, 0.4) is 0 Å². The molecule has 120 valence electrons. The first-order chi connectivity index (χ1) is 10.9. The minimum atomic E-state index is -3.61. The summed E-state index contributed by atoms with van der Waals surface area (Å²) in [4.78, 5) is 1.52. The molecule has 7 heteroatoms. The second-order valence-electron chi connectivity index (χ2n) is 5.12. The van der Waals surface area contributed by atoms with Crippen molar-refractivity contribution in [3.63, 3.8) is 0 Å². The lowest BCUT2D eigenvalue weighted by Crippen LogP contribution is -2.17. The zero-order chi connectivity index (χ0) is 16.6. The van der Waals surface area contributed by atoms with E-state index < -0.39 is 15.7 Å². The van der Waals surface area contributed by atoms with Gasteiger partial charge in [-0.15, -0.1) is 11.8 Å². The molecule has 0 amide bonds. The largest absolute Gasteiger partial charge is 0.330 e. The Kier molecular flexibility index (Phi) is 4.16. The zero-order valence-electron chi connectivity index (χ0n) is 12.2. The Bertz CT molecular complexity index is 895. The van der Waals surface area contributed by atoms with E-state index in [0.29, 0.717) is 22.8 Å². The van der Waals surface area contributed by atoms with Crippen molar-refractivity contribution in [2.45, 2.75) is 4.90 Å². The molecule has 2 aromatic carbocycles. The van der Waals surface area contributed by atoms with Crippen LogP contribution in [-0.2, 0) is 9.84 Å². The van der Waals surface area contributed by atoms with Crippen LogP contribution in [-0.4, -0.2) is 20.6 Å². The minimum absolute atomic E-state index is 0.329. The van der Waals surface area contributed by atoms with Crippen molar-refractivity contribution in [3.05, 3.63) is 65.1 Å². The van der Waals surface area contributed by atoms with Crippen LogP contribution in [0.2, 0.25) is 0 Å². The maximum atomic E-state index is 14.1. The minimum Gasteiger partial charge on any atom is -0.330 e. The van der Waals surface area contributed by atoms with E-state index in [9.17, 15) is 17.2 Å². The number of hydrogen-bond acceptors (Lipinski definition) is 4. The molecule has 0 radical (unpaired) electrons. The number of thioether (sulfide) groups is 1. The molecule has 2 aromatic rings. The molecular formula is C16H13F2NO2S2. The van der Waals surface area contributed by atoms with Crippen LogP contribution in [0, 0.1) is 11.6 Å². The molecule has 0 saturated heterocycles. The maximum Gasteiger partial charge on any atom is 0.178 e. The number of anilines is 1.